The van der Waals surface area contributed by atoms with Crippen LogP contribution >= 0.6 is 0 Å². The molecule has 0 aliphatic rings. The Labute approximate surface area is 174 Å². The standard InChI is InChI=1S/C24H22N4O2/c29-23-17-25-27(22-14-8-7-13-21(22)23)16-15-24(30)26-28(20-11-5-2-6-12-20)18-19-9-3-1-4-10-19/h1-14,17H,15-16,18H2,(H,26,30). The fourth-order valence-corrected chi connectivity index (χ4v) is 3.32. The highest BCUT2D eigenvalue weighted by molar-refractivity contribution is 5.79. The molecule has 0 saturated heterocycles. The summed E-state index contributed by atoms with van der Waals surface area (Å²) < 4.78 is 1.69. The normalized spacial score (nSPS) is 10.7. The number of aromatic nitrogens is 2. The molecule has 30 heavy (non-hydrogen) atoms. The first-order valence-electron chi connectivity index (χ1n) is 9.81. The number of amides is 1. The number of aryl methyl sites for hydroxylation is 1. The fraction of sp³-hybridized carbons (Fsp3) is 0.125. The summed E-state index contributed by atoms with van der Waals surface area (Å²) in [5, 5.41) is 6.64. The molecule has 0 bridgehead atoms. The Bertz CT molecular complexity index is 1190. The number of fused-ring (bicyclic) bond motifs is 1. The summed E-state index contributed by atoms with van der Waals surface area (Å²) in [5.41, 5.74) is 5.60. The number of hydrogen-bond donors (Lipinski definition) is 1. The summed E-state index contributed by atoms with van der Waals surface area (Å²) >= 11 is 0. The SMILES string of the molecule is O=C(CCn1ncc(=O)c2ccccc21)NN(Cc1ccccc1)c1ccccc1. The van der Waals surface area contributed by atoms with Gasteiger partial charge in [-0.25, -0.2) is 0 Å². The van der Waals surface area contributed by atoms with Crippen molar-refractivity contribution >= 4 is 22.5 Å². The second kappa shape index (κ2) is 9.05. The van der Waals surface area contributed by atoms with E-state index in [-0.39, 0.29) is 17.8 Å². The predicted octanol–water partition coefficient (Wildman–Crippen LogP) is 3.52. The number of rotatable bonds is 7. The molecule has 0 aliphatic heterocycles. The maximum Gasteiger partial charge on any atom is 0.240 e. The van der Waals surface area contributed by atoms with Gasteiger partial charge in [0.15, 0.2) is 0 Å². The Morgan fingerprint density at radius 2 is 1.57 bits per heavy atom. The molecule has 1 amide bonds. The molecule has 1 heterocycles. The van der Waals surface area contributed by atoms with E-state index >= 15 is 0 Å². The van der Waals surface area contributed by atoms with E-state index in [1.54, 1.807) is 10.7 Å². The molecule has 0 spiro atoms. The average Bonchev–Trinajstić information content (AvgIpc) is 2.80. The van der Waals surface area contributed by atoms with Crippen LogP contribution in [0.15, 0.2) is 95.9 Å². The summed E-state index contributed by atoms with van der Waals surface area (Å²) in [7, 11) is 0. The van der Waals surface area contributed by atoms with Crippen LogP contribution < -0.4 is 15.9 Å². The zero-order valence-electron chi connectivity index (χ0n) is 16.4. The van der Waals surface area contributed by atoms with E-state index < -0.39 is 0 Å². The minimum absolute atomic E-state index is 0.121. The molecule has 0 fully saturated rings. The zero-order chi connectivity index (χ0) is 20.8. The lowest BCUT2D eigenvalue weighted by Crippen LogP contribution is -2.42. The van der Waals surface area contributed by atoms with E-state index in [1.165, 1.54) is 6.20 Å². The minimum Gasteiger partial charge on any atom is -0.287 e. The van der Waals surface area contributed by atoms with Crippen molar-refractivity contribution < 1.29 is 4.79 Å². The third-order valence-electron chi connectivity index (χ3n) is 4.82. The van der Waals surface area contributed by atoms with Crippen LogP contribution in [0.25, 0.3) is 10.9 Å². The van der Waals surface area contributed by atoms with Gasteiger partial charge >= 0.3 is 0 Å². The van der Waals surface area contributed by atoms with Crippen molar-refractivity contribution in [2.45, 2.75) is 19.5 Å². The largest absolute Gasteiger partial charge is 0.287 e. The number of nitrogens with one attached hydrogen (secondary N) is 1. The second-order valence-electron chi connectivity index (χ2n) is 6.94. The summed E-state index contributed by atoms with van der Waals surface area (Å²) in [6, 6.07) is 27.0. The third kappa shape index (κ3) is 4.55. The lowest BCUT2D eigenvalue weighted by Gasteiger charge is -2.25. The Morgan fingerprint density at radius 1 is 0.900 bits per heavy atom. The molecule has 0 saturated carbocycles. The highest BCUT2D eigenvalue weighted by Crippen LogP contribution is 2.15. The van der Waals surface area contributed by atoms with E-state index in [2.05, 4.69) is 10.5 Å². The van der Waals surface area contributed by atoms with Gasteiger partial charge in [-0.3, -0.25) is 24.7 Å². The molecular formula is C24H22N4O2. The summed E-state index contributed by atoms with van der Waals surface area (Å²) in [5.74, 6) is -0.126. The number of hydrogen-bond acceptors (Lipinski definition) is 4. The lowest BCUT2D eigenvalue weighted by atomic mass is 10.2. The Kier molecular flexibility index (Phi) is 5.85. The van der Waals surface area contributed by atoms with Gasteiger partial charge < -0.3 is 0 Å². The minimum atomic E-state index is -0.126. The smallest absolute Gasteiger partial charge is 0.240 e. The van der Waals surface area contributed by atoms with Gasteiger partial charge in [0.2, 0.25) is 11.3 Å². The van der Waals surface area contributed by atoms with Gasteiger partial charge in [-0.2, -0.15) is 5.10 Å². The van der Waals surface area contributed by atoms with E-state index in [4.69, 9.17) is 0 Å². The lowest BCUT2D eigenvalue weighted by molar-refractivity contribution is -0.121. The molecule has 4 rings (SSSR count). The quantitative estimate of drug-likeness (QED) is 0.484. The van der Waals surface area contributed by atoms with Crippen molar-refractivity contribution in [2.24, 2.45) is 0 Å². The van der Waals surface area contributed by atoms with Crippen LogP contribution in [0.5, 0.6) is 0 Å². The van der Waals surface area contributed by atoms with E-state index in [0.717, 1.165) is 16.8 Å². The first kappa shape index (κ1) is 19.4. The number of para-hydroxylation sites is 2. The average molecular weight is 398 g/mol. The Hall–Kier alpha value is -3.93. The molecule has 150 valence electrons. The molecule has 0 atom stereocenters. The number of carbonyl (C=O) groups excluding carboxylic acids is 1. The maximum absolute atomic E-state index is 12.7. The van der Waals surface area contributed by atoms with Gasteiger partial charge in [-0.15, -0.1) is 0 Å². The summed E-state index contributed by atoms with van der Waals surface area (Å²) in [6.07, 6.45) is 1.53. The van der Waals surface area contributed by atoms with E-state index in [0.29, 0.717) is 18.5 Å². The van der Waals surface area contributed by atoms with Crippen molar-refractivity contribution in [2.75, 3.05) is 5.01 Å². The third-order valence-corrected chi connectivity index (χ3v) is 4.82. The van der Waals surface area contributed by atoms with Crippen LogP contribution in [0.3, 0.4) is 0 Å². The van der Waals surface area contributed by atoms with Crippen LogP contribution in [-0.2, 0) is 17.9 Å². The molecule has 6 heteroatoms. The number of carbonyl (C=O) groups is 1. The van der Waals surface area contributed by atoms with E-state index in [1.807, 2.05) is 83.9 Å². The van der Waals surface area contributed by atoms with Crippen LogP contribution in [0.4, 0.5) is 5.69 Å². The van der Waals surface area contributed by atoms with E-state index in [9.17, 15) is 9.59 Å². The predicted molar refractivity (Wildman–Crippen MR) is 118 cm³/mol. The topological polar surface area (TPSA) is 67.2 Å². The Balaban J connectivity index is 1.48. The highest BCUT2D eigenvalue weighted by atomic mass is 16.2. The number of benzene rings is 3. The van der Waals surface area contributed by atoms with Gasteiger partial charge in [0.1, 0.15) is 0 Å². The van der Waals surface area contributed by atoms with Crippen molar-refractivity contribution in [3.05, 3.63) is 107 Å². The van der Waals surface area contributed by atoms with Crippen LogP contribution in [0.2, 0.25) is 0 Å². The van der Waals surface area contributed by atoms with Crippen molar-refractivity contribution in [3.63, 3.8) is 0 Å². The maximum atomic E-state index is 12.7. The van der Waals surface area contributed by atoms with Gasteiger partial charge in [0, 0.05) is 11.8 Å². The van der Waals surface area contributed by atoms with Crippen molar-refractivity contribution in [1.82, 2.24) is 15.2 Å². The highest BCUT2D eigenvalue weighted by Gasteiger charge is 2.12. The van der Waals surface area contributed by atoms with Crippen LogP contribution in [0.1, 0.15) is 12.0 Å². The fourth-order valence-electron chi connectivity index (χ4n) is 3.32. The number of anilines is 1. The Morgan fingerprint density at radius 3 is 2.33 bits per heavy atom. The summed E-state index contributed by atoms with van der Waals surface area (Å²) in [4.78, 5) is 24.7. The van der Waals surface area contributed by atoms with Gasteiger partial charge in [0.05, 0.1) is 30.5 Å². The van der Waals surface area contributed by atoms with Gasteiger partial charge in [-0.1, -0.05) is 60.7 Å². The molecule has 0 aliphatic carbocycles. The van der Waals surface area contributed by atoms with Gasteiger partial charge in [0.25, 0.3) is 0 Å². The molecule has 3 aromatic carbocycles. The van der Waals surface area contributed by atoms with Crippen molar-refractivity contribution in [3.8, 4) is 0 Å². The van der Waals surface area contributed by atoms with Crippen molar-refractivity contribution in [1.29, 1.82) is 0 Å². The molecule has 1 aromatic heterocycles. The monoisotopic (exact) mass is 398 g/mol. The first-order chi connectivity index (χ1) is 14.7. The van der Waals surface area contributed by atoms with Crippen LogP contribution in [-0.4, -0.2) is 15.7 Å². The summed E-state index contributed by atoms with van der Waals surface area (Å²) in [6.45, 7) is 0.927. The molecule has 0 radical (unpaired) electrons. The van der Waals surface area contributed by atoms with Crippen LogP contribution in [0, 0.1) is 0 Å². The molecule has 6 nitrogen and oxygen atoms in total. The second-order valence-corrected chi connectivity index (χ2v) is 6.94. The molecule has 0 unspecified atom stereocenters. The molecule has 4 aromatic rings. The number of hydrazine groups is 1. The molecular weight excluding hydrogens is 376 g/mol. The first-order valence-corrected chi connectivity index (χ1v) is 9.81. The number of nitrogens with zero attached hydrogens (tertiary/aromatic N) is 3. The van der Waals surface area contributed by atoms with Gasteiger partial charge in [-0.05, 0) is 29.8 Å². The molecule has 1 N–H and O–H groups in total. The zero-order valence-corrected chi connectivity index (χ0v) is 16.4.